The van der Waals surface area contributed by atoms with E-state index < -0.39 is 0 Å². The van der Waals surface area contributed by atoms with E-state index in [2.05, 4.69) is 15.0 Å². The summed E-state index contributed by atoms with van der Waals surface area (Å²) in [6, 6.07) is 1.66. The van der Waals surface area contributed by atoms with E-state index in [1.807, 2.05) is 0 Å². The van der Waals surface area contributed by atoms with E-state index >= 15 is 0 Å². The Labute approximate surface area is 106 Å². The van der Waals surface area contributed by atoms with Crippen molar-refractivity contribution in [1.29, 1.82) is 0 Å². The average Bonchev–Trinajstić information content (AvgIpc) is 2.88. The number of nitrogens with two attached hydrogens (primary N) is 1. The summed E-state index contributed by atoms with van der Waals surface area (Å²) in [7, 11) is 1.65. The number of aryl methyl sites for hydroxylation is 1. The van der Waals surface area contributed by atoms with Gasteiger partial charge < -0.3 is 5.73 Å². The van der Waals surface area contributed by atoms with E-state index in [1.165, 1.54) is 15.9 Å². The maximum atomic E-state index is 12.2. The molecule has 3 rings (SSSR count). The van der Waals surface area contributed by atoms with Gasteiger partial charge in [-0.3, -0.25) is 9.36 Å². The second-order valence-corrected chi connectivity index (χ2v) is 4.63. The molecule has 3 aromatic rings. The molecular weight excluding hydrogens is 250 g/mol. The molecule has 0 aliphatic rings. The number of nitrogens with zero attached hydrogens (tertiary/aromatic N) is 4. The molecule has 0 aliphatic heterocycles. The number of thiazole rings is 1. The van der Waals surface area contributed by atoms with Gasteiger partial charge in [-0.15, -0.1) is 11.3 Å². The topological polar surface area (TPSA) is 86.7 Å². The molecule has 90 valence electrons. The molecule has 18 heavy (non-hydrogen) atoms. The lowest BCUT2D eigenvalue weighted by Crippen LogP contribution is -2.21. The molecule has 0 aromatic carbocycles. The zero-order chi connectivity index (χ0) is 12.7. The Morgan fingerprint density at radius 1 is 1.33 bits per heavy atom. The van der Waals surface area contributed by atoms with Crippen molar-refractivity contribution in [3.05, 3.63) is 34.2 Å². The van der Waals surface area contributed by atoms with Crippen molar-refractivity contribution in [2.24, 2.45) is 7.05 Å². The summed E-state index contributed by atoms with van der Waals surface area (Å²) in [6.45, 7) is 0. The lowest BCUT2D eigenvalue weighted by atomic mass is 10.3. The number of rotatable bonds is 1. The van der Waals surface area contributed by atoms with Gasteiger partial charge in [-0.2, -0.15) is 0 Å². The minimum Gasteiger partial charge on any atom is -0.397 e. The second kappa shape index (κ2) is 3.88. The smallest absolute Gasteiger partial charge is 0.280 e. The molecule has 0 aliphatic carbocycles. The fourth-order valence-corrected chi connectivity index (χ4v) is 2.33. The largest absolute Gasteiger partial charge is 0.397 e. The molecule has 0 fully saturated rings. The Morgan fingerprint density at radius 2 is 2.17 bits per heavy atom. The van der Waals surface area contributed by atoms with Crippen LogP contribution in [0.5, 0.6) is 0 Å². The Morgan fingerprint density at radius 3 is 2.89 bits per heavy atom. The van der Waals surface area contributed by atoms with Gasteiger partial charge in [0.05, 0.1) is 5.69 Å². The molecule has 0 spiro atoms. The number of pyridine rings is 1. The predicted molar refractivity (Wildman–Crippen MR) is 70.3 cm³/mol. The van der Waals surface area contributed by atoms with Crippen LogP contribution in [0.15, 0.2) is 28.6 Å². The third-order valence-electron chi connectivity index (χ3n) is 2.62. The number of aromatic nitrogens is 4. The predicted octanol–water partition coefficient (Wildman–Crippen LogP) is 1.03. The van der Waals surface area contributed by atoms with Gasteiger partial charge in [0, 0.05) is 24.8 Å². The molecule has 0 saturated carbocycles. The first-order valence-corrected chi connectivity index (χ1v) is 6.07. The first kappa shape index (κ1) is 10.8. The third-order valence-corrected chi connectivity index (χ3v) is 3.40. The van der Waals surface area contributed by atoms with Gasteiger partial charge in [0.2, 0.25) is 0 Å². The minimum absolute atomic E-state index is 0.226. The Hall–Kier alpha value is -2.28. The molecular formula is C11H9N5OS. The molecule has 0 atom stereocenters. The van der Waals surface area contributed by atoms with Gasteiger partial charge in [-0.05, 0) is 6.07 Å². The molecule has 2 N–H and O–H groups in total. The summed E-state index contributed by atoms with van der Waals surface area (Å²) in [5.41, 5.74) is 7.43. The highest BCUT2D eigenvalue weighted by molar-refractivity contribution is 7.13. The van der Waals surface area contributed by atoms with E-state index in [9.17, 15) is 4.79 Å². The van der Waals surface area contributed by atoms with Gasteiger partial charge in [0.25, 0.3) is 5.56 Å². The van der Waals surface area contributed by atoms with Crippen LogP contribution in [-0.4, -0.2) is 19.5 Å². The Kier molecular flexibility index (Phi) is 2.34. The van der Waals surface area contributed by atoms with Crippen LogP contribution in [0.1, 0.15) is 0 Å². The third kappa shape index (κ3) is 1.48. The Bertz CT molecular complexity index is 778. The van der Waals surface area contributed by atoms with Crippen molar-refractivity contribution in [2.75, 3.05) is 5.73 Å². The molecule has 0 bridgehead atoms. The molecule has 0 saturated heterocycles. The highest BCUT2D eigenvalue weighted by atomic mass is 32.1. The summed E-state index contributed by atoms with van der Waals surface area (Å²) in [4.78, 5) is 24.7. The van der Waals surface area contributed by atoms with Gasteiger partial charge in [-0.1, -0.05) is 0 Å². The van der Waals surface area contributed by atoms with E-state index in [1.54, 1.807) is 30.9 Å². The fraction of sp³-hybridized carbons (Fsp3) is 0.0909. The quantitative estimate of drug-likeness (QED) is 0.705. The van der Waals surface area contributed by atoms with Crippen LogP contribution < -0.4 is 11.3 Å². The van der Waals surface area contributed by atoms with Gasteiger partial charge >= 0.3 is 0 Å². The van der Waals surface area contributed by atoms with E-state index in [0.717, 1.165) is 0 Å². The lowest BCUT2D eigenvalue weighted by molar-refractivity contribution is 0.877. The van der Waals surface area contributed by atoms with Gasteiger partial charge in [0.15, 0.2) is 11.3 Å². The van der Waals surface area contributed by atoms with Crippen LogP contribution in [0.4, 0.5) is 5.69 Å². The van der Waals surface area contributed by atoms with E-state index in [0.29, 0.717) is 27.6 Å². The van der Waals surface area contributed by atoms with Crippen molar-refractivity contribution in [2.45, 2.75) is 0 Å². The monoisotopic (exact) mass is 259 g/mol. The highest BCUT2D eigenvalue weighted by Gasteiger charge is 2.14. The van der Waals surface area contributed by atoms with Gasteiger partial charge in [-0.25, -0.2) is 15.0 Å². The SMILES string of the molecule is Cn1c(=O)c(-c2nccs2)nc2c(N)ccnc21. The number of hydrogen-bond donors (Lipinski definition) is 1. The van der Waals surface area contributed by atoms with Gasteiger partial charge in [0.1, 0.15) is 10.5 Å². The molecule has 6 nitrogen and oxygen atoms in total. The van der Waals surface area contributed by atoms with Crippen LogP contribution >= 0.6 is 11.3 Å². The van der Waals surface area contributed by atoms with Crippen molar-refractivity contribution < 1.29 is 0 Å². The van der Waals surface area contributed by atoms with E-state index in [4.69, 9.17) is 5.73 Å². The zero-order valence-corrected chi connectivity index (χ0v) is 10.3. The van der Waals surface area contributed by atoms with Crippen molar-refractivity contribution in [3.8, 4) is 10.7 Å². The molecule has 3 aromatic heterocycles. The van der Waals surface area contributed by atoms with Crippen LogP contribution in [0.2, 0.25) is 0 Å². The van der Waals surface area contributed by atoms with Crippen LogP contribution in [-0.2, 0) is 7.05 Å². The first-order valence-electron chi connectivity index (χ1n) is 5.19. The van der Waals surface area contributed by atoms with Crippen molar-refractivity contribution >= 4 is 28.2 Å². The summed E-state index contributed by atoms with van der Waals surface area (Å²) in [5.74, 6) is 0. The van der Waals surface area contributed by atoms with Crippen molar-refractivity contribution in [3.63, 3.8) is 0 Å². The number of anilines is 1. The first-order chi connectivity index (χ1) is 8.68. The standard InChI is InChI=1S/C11H9N5OS/c1-16-9-7(6(12)2-3-13-9)15-8(11(16)17)10-14-4-5-18-10/h2-5H,1H3,(H2,12,13). The number of nitrogen functional groups attached to an aromatic ring is 1. The maximum absolute atomic E-state index is 12.2. The minimum atomic E-state index is -0.226. The summed E-state index contributed by atoms with van der Waals surface area (Å²) < 4.78 is 1.44. The fourth-order valence-electron chi connectivity index (χ4n) is 1.71. The lowest BCUT2D eigenvalue weighted by Gasteiger charge is -2.06. The Balaban J connectivity index is 2.45. The normalized spacial score (nSPS) is 10.9. The van der Waals surface area contributed by atoms with Crippen molar-refractivity contribution in [1.82, 2.24) is 19.5 Å². The summed E-state index contributed by atoms with van der Waals surface area (Å²) >= 11 is 1.37. The second-order valence-electron chi connectivity index (χ2n) is 3.73. The van der Waals surface area contributed by atoms with Crippen LogP contribution in [0.25, 0.3) is 21.9 Å². The van der Waals surface area contributed by atoms with Crippen LogP contribution in [0, 0.1) is 0 Å². The molecule has 0 radical (unpaired) electrons. The maximum Gasteiger partial charge on any atom is 0.280 e. The summed E-state index contributed by atoms with van der Waals surface area (Å²) in [5, 5.41) is 2.38. The average molecular weight is 259 g/mol. The van der Waals surface area contributed by atoms with E-state index in [-0.39, 0.29) is 5.56 Å². The molecule has 0 amide bonds. The zero-order valence-electron chi connectivity index (χ0n) is 9.49. The summed E-state index contributed by atoms with van der Waals surface area (Å²) in [6.07, 6.45) is 3.19. The molecule has 0 unspecified atom stereocenters. The highest BCUT2D eigenvalue weighted by Crippen LogP contribution is 2.20. The van der Waals surface area contributed by atoms with Crippen LogP contribution in [0.3, 0.4) is 0 Å². The molecule has 7 heteroatoms. The number of fused-ring (bicyclic) bond motifs is 1. The number of hydrogen-bond acceptors (Lipinski definition) is 6. The molecule has 3 heterocycles.